The summed E-state index contributed by atoms with van der Waals surface area (Å²) in [5.74, 6) is 5.20. The second kappa shape index (κ2) is 6.20. The van der Waals surface area contributed by atoms with E-state index in [0.717, 1.165) is 5.56 Å². The Hall–Kier alpha value is -0.650. The Morgan fingerprint density at radius 2 is 1.68 bits per heavy atom. The lowest BCUT2D eigenvalue weighted by Crippen LogP contribution is -2.28. The lowest BCUT2D eigenvalue weighted by atomic mass is 9.99. The van der Waals surface area contributed by atoms with Crippen LogP contribution in [-0.4, -0.2) is 0 Å². The van der Waals surface area contributed by atoms with Gasteiger partial charge < -0.3 is 0 Å². The molecule has 2 nitrogen and oxygen atoms in total. The molecule has 100 valence electrons. The molecule has 0 saturated carbocycles. The summed E-state index contributed by atoms with van der Waals surface area (Å²) in [5.41, 5.74) is 4.14. The highest BCUT2D eigenvalue weighted by Crippen LogP contribution is 2.29. The maximum Gasteiger partial charge on any atom is 0.137 e. The molecule has 1 unspecified atom stereocenters. The van der Waals surface area contributed by atoms with E-state index < -0.39 is 0 Å². The fourth-order valence-electron chi connectivity index (χ4n) is 1.77. The predicted octanol–water partition coefficient (Wildman–Crippen LogP) is 4.45. The van der Waals surface area contributed by atoms with Crippen LogP contribution in [0.1, 0.15) is 17.2 Å². The Bertz CT molecular complexity index is 556. The molecule has 0 aliphatic heterocycles. The maximum atomic E-state index is 13.6. The van der Waals surface area contributed by atoms with Crippen molar-refractivity contribution >= 4 is 39.1 Å². The van der Waals surface area contributed by atoms with Crippen LogP contribution in [0.15, 0.2) is 40.9 Å². The smallest absolute Gasteiger partial charge is 0.137 e. The molecule has 6 heteroatoms. The van der Waals surface area contributed by atoms with Gasteiger partial charge >= 0.3 is 0 Å². The van der Waals surface area contributed by atoms with Crippen LogP contribution in [0.25, 0.3) is 0 Å². The van der Waals surface area contributed by atoms with Crippen molar-refractivity contribution in [2.75, 3.05) is 0 Å². The largest absolute Gasteiger partial charge is 0.271 e. The van der Waals surface area contributed by atoms with E-state index in [-0.39, 0.29) is 11.9 Å². The number of hydrogen-bond acceptors (Lipinski definition) is 2. The molecule has 3 N–H and O–H groups in total. The van der Waals surface area contributed by atoms with Gasteiger partial charge in [0.2, 0.25) is 0 Å². The summed E-state index contributed by atoms with van der Waals surface area (Å²) in [5, 5.41) is 0.889. The van der Waals surface area contributed by atoms with E-state index >= 15 is 0 Å². The van der Waals surface area contributed by atoms with Crippen molar-refractivity contribution in [2.24, 2.45) is 5.84 Å². The van der Waals surface area contributed by atoms with Crippen molar-refractivity contribution in [3.05, 3.63) is 67.9 Å². The van der Waals surface area contributed by atoms with Crippen molar-refractivity contribution < 1.29 is 4.39 Å². The van der Waals surface area contributed by atoms with Gasteiger partial charge in [0.25, 0.3) is 0 Å². The number of halogens is 4. The van der Waals surface area contributed by atoms with E-state index in [1.165, 1.54) is 6.07 Å². The molecule has 0 saturated heterocycles. The number of benzene rings is 2. The predicted molar refractivity (Wildman–Crippen MR) is 79.7 cm³/mol. The summed E-state index contributed by atoms with van der Waals surface area (Å²) in [6.45, 7) is 0. The van der Waals surface area contributed by atoms with Crippen LogP contribution in [-0.2, 0) is 0 Å². The molecular weight excluding hydrogens is 354 g/mol. The van der Waals surface area contributed by atoms with E-state index in [4.69, 9.17) is 29.0 Å². The van der Waals surface area contributed by atoms with Gasteiger partial charge in [-0.25, -0.2) is 9.82 Å². The highest BCUT2D eigenvalue weighted by Gasteiger charge is 2.15. The van der Waals surface area contributed by atoms with Crippen LogP contribution in [0.4, 0.5) is 4.39 Å². The minimum absolute atomic E-state index is 0.349. The Balaban J connectivity index is 2.43. The molecule has 0 amide bonds. The normalized spacial score (nSPS) is 12.5. The SMILES string of the molecule is NNC(c1ccc(Br)c(F)c1)c1ccc(Cl)c(Cl)c1. The Morgan fingerprint density at radius 1 is 1.05 bits per heavy atom. The number of nitrogens with two attached hydrogens (primary N) is 1. The van der Waals surface area contributed by atoms with Crippen LogP contribution in [0.3, 0.4) is 0 Å². The lowest BCUT2D eigenvalue weighted by Gasteiger charge is -2.17. The first-order chi connectivity index (χ1) is 9.02. The first-order valence-corrected chi connectivity index (χ1v) is 6.94. The van der Waals surface area contributed by atoms with Crippen molar-refractivity contribution in [2.45, 2.75) is 6.04 Å². The summed E-state index contributed by atoms with van der Waals surface area (Å²) < 4.78 is 14.0. The van der Waals surface area contributed by atoms with Crippen molar-refractivity contribution in [3.8, 4) is 0 Å². The zero-order chi connectivity index (χ0) is 14.0. The van der Waals surface area contributed by atoms with Crippen LogP contribution in [0.2, 0.25) is 10.0 Å². The van der Waals surface area contributed by atoms with Crippen molar-refractivity contribution in [1.82, 2.24) is 5.43 Å². The van der Waals surface area contributed by atoms with E-state index in [1.54, 1.807) is 30.3 Å². The minimum atomic E-state index is -0.364. The third kappa shape index (κ3) is 3.27. The number of hydrogen-bond donors (Lipinski definition) is 2. The fourth-order valence-corrected chi connectivity index (χ4v) is 2.32. The standard InChI is InChI=1S/C13H10BrCl2FN2/c14-9-3-1-8(6-12(9)17)13(19-18)7-2-4-10(15)11(16)5-7/h1-6,13,19H,18H2. The van der Waals surface area contributed by atoms with Gasteiger partial charge in [-0.2, -0.15) is 0 Å². The molecule has 0 radical (unpaired) electrons. The summed E-state index contributed by atoms with van der Waals surface area (Å²) in [6.07, 6.45) is 0. The maximum absolute atomic E-state index is 13.6. The van der Waals surface area contributed by atoms with E-state index in [1.807, 2.05) is 0 Å². The van der Waals surface area contributed by atoms with Crippen LogP contribution >= 0.6 is 39.1 Å². The number of nitrogens with one attached hydrogen (secondary N) is 1. The minimum Gasteiger partial charge on any atom is -0.271 e. The summed E-state index contributed by atoms with van der Waals surface area (Å²) in [7, 11) is 0. The van der Waals surface area contributed by atoms with E-state index in [0.29, 0.717) is 20.1 Å². The third-order valence-corrected chi connectivity index (χ3v) is 4.10. The molecule has 2 aromatic carbocycles. The van der Waals surface area contributed by atoms with Gasteiger partial charge in [0, 0.05) is 0 Å². The summed E-state index contributed by atoms with van der Waals surface area (Å²) in [4.78, 5) is 0. The lowest BCUT2D eigenvalue weighted by molar-refractivity contribution is 0.600. The van der Waals surface area contributed by atoms with Gasteiger partial charge in [0.05, 0.1) is 20.6 Å². The number of rotatable bonds is 3. The fraction of sp³-hybridized carbons (Fsp3) is 0.0769. The van der Waals surface area contributed by atoms with Crippen LogP contribution in [0.5, 0.6) is 0 Å². The first-order valence-electron chi connectivity index (χ1n) is 5.39. The van der Waals surface area contributed by atoms with Gasteiger partial charge in [-0.3, -0.25) is 5.84 Å². The monoisotopic (exact) mass is 362 g/mol. The third-order valence-electron chi connectivity index (χ3n) is 2.72. The Morgan fingerprint density at radius 3 is 2.26 bits per heavy atom. The van der Waals surface area contributed by atoms with Gasteiger partial charge in [0.1, 0.15) is 5.82 Å². The molecule has 0 aliphatic carbocycles. The molecule has 2 aromatic rings. The molecule has 0 fully saturated rings. The van der Waals surface area contributed by atoms with Gasteiger partial charge in [0.15, 0.2) is 0 Å². The molecule has 0 spiro atoms. The van der Waals surface area contributed by atoms with Gasteiger partial charge in [-0.15, -0.1) is 0 Å². The average molecular weight is 364 g/mol. The summed E-state index contributed by atoms with van der Waals surface area (Å²) in [6, 6.07) is 9.63. The highest BCUT2D eigenvalue weighted by atomic mass is 79.9. The first kappa shape index (κ1) is 14.8. The molecule has 19 heavy (non-hydrogen) atoms. The number of hydrazine groups is 1. The van der Waals surface area contributed by atoms with Crippen LogP contribution in [0, 0.1) is 5.82 Å². The second-order valence-corrected chi connectivity index (χ2v) is 5.62. The molecule has 0 aromatic heterocycles. The van der Waals surface area contributed by atoms with E-state index in [9.17, 15) is 4.39 Å². The Kier molecular flexibility index (Phi) is 4.81. The van der Waals surface area contributed by atoms with E-state index in [2.05, 4.69) is 21.4 Å². The van der Waals surface area contributed by atoms with Gasteiger partial charge in [-0.1, -0.05) is 35.3 Å². The van der Waals surface area contributed by atoms with Gasteiger partial charge in [-0.05, 0) is 51.3 Å². The molecule has 0 aliphatic rings. The molecule has 1 atom stereocenters. The molecule has 0 heterocycles. The zero-order valence-electron chi connectivity index (χ0n) is 9.63. The quantitative estimate of drug-likeness (QED) is 0.624. The van der Waals surface area contributed by atoms with Crippen molar-refractivity contribution in [1.29, 1.82) is 0 Å². The molecule has 2 rings (SSSR count). The highest BCUT2D eigenvalue weighted by molar-refractivity contribution is 9.10. The topological polar surface area (TPSA) is 38.0 Å². The molecule has 0 bridgehead atoms. The summed E-state index contributed by atoms with van der Waals surface area (Å²) >= 11 is 15.0. The molecular formula is C13H10BrCl2FN2. The second-order valence-electron chi connectivity index (χ2n) is 3.95. The Labute approximate surface area is 128 Å². The van der Waals surface area contributed by atoms with Crippen LogP contribution < -0.4 is 11.3 Å². The zero-order valence-corrected chi connectivity index (χ0v) is 12.7. The van der Waals surface area contributed by atoms with Crippen molar-refractivity contribution in [3.63, 3.8) is 0 Å². The average Bonchev–Trinajstić information content (AvgIpc) is 2.39.